The number of rotatable bonds is 5. The average molecular weight is 365 g/mol. The maximum atomic E-state index is 13.2. The smallest absolute Gasteiger partial charge is 0.280 e. The Labute approximate surface area is 158 Å². The summed E-state index contributed by atoms with van der Waals surface area (Å²) >= 11 is 0. The Morgan fingerprint density at radius 3 is 2.33 bits per heavy atom. The van der Waals surface area contributed by atoms with E-state index < -0.39 is 0 Å². The lowest BCUT2D eigenvalue weighted by atomic mass is 10.1. The zero-order chi connectivity index (χ0) is 19.6. The molecule has 0 aliphatic carbocycles. The van der Waals surface area contributed by atoms with Gasteiger partial charge < -0.3 is 0 Å². The molecule has 27 heavy (non-hydrogen) atoms. The lowest BCUT2D eigenvalue weighted by molar-refractivity contribution is 0.626. The molecule has 0 aliphatic heterocycles. The van der Waals surface area contributed by atoms with E-state index in [4.69, 9.17) is 4.99 Å². The molecule has 0 saturated heterocycles. The first-order valence-corrected chi connectivity index (χ1v) is 9.13. The highest BCUT2D eigenvalue weighted by molar-refractivity contribution is 6.01. The lowest BCUT2D eigenvalue weighted by Crippen LogP contribution is -2.19. The number of aromatic amines is 1. The third-order valence-electron chi connectivity index (χ3n) is 4.42. The van der Waals surface area contributed by atoms with Crippen LogP contribution < -0.4 is 5.56 Å². The van der Waals surface area contributed by atoms with Crippen molar-refractivity contribution < 1.29 is 4.39 Å². The highest BCUT2D eigenvalue weighted by Crippen LogP contribution is 2.19. The van der Waals surface area contributed by atoms with Gasteiger partial charge in [-0.1, -0.05) is 19.4 Å². The monoisotopic (exact) mass is 365 g/mol. The van der Waals surface area contributed by atoms with Gasteiger partial charge in [0.2, 0.25) is 0 Å². The van der Waals surface area contributed by atoms with E-state index in [1.54, 1.807) is 12.1 Å². The maximum Gasteiger partial charge on any atom is 0.280 e. The van der Waals surface area contributed by atoms with Crippen LogP contribution in [0.4, 0.5) is 10.1 Å². The predicted molar refractivity (Wildman–Crippen MR) is 108 cm³/mol. The Balaban J connectivity index is 2.12. The Morgan fingerprint density at radius 1 is 1.11 bits per heavy atom. The fraction of sp³-hybridized carbons (Fsp3) is 0.273. The molecule has 0 saturated carbocycles. The van der Waals surface area contributed by atoms with Gasteiger partial charge in [-0.25, -0.2) is 9.07 Å². The summed E-state index contributed by atoms with van der Waals surface area (Å²) in [6.07, 6.45) is 1.63. The predicted octanol–water partition coefficient (Wildman–Crippen LogP) is 5.01. The minimum Gasteiger partial charge on any atom is -0.294 e. The Bertz CT molecular complexity index is 1020. The van der Waals surface area contributed by atoms with Crippen LogP contribution in [-0.2, 0) is 6.42 Å². The number of benzene rings is 2. The van der Waals surface area contributed by atoms with Crippen molar-refractivity contribution in [2.24, 2.45) is 4.99 Å². The van der Waals surface area contributed by atoms with E-state index in [-0.39, 0.29) is 11.4 Å². The van der Waals surface area contributed by atoms with Crippen LogP contribution in [0.1, 0.15) is 42.7 Å². The summed E-state index contributed by atoms with van der Waals surface area (Å²) in [5.74, 6) is -0.333. The van der Waals surface area contributed by atoms with E-state index in [1.807, 2.05) is 32.9 Å². The van der Waals surface area contributed by atoms with Crippen LogP contribution in [0.5, 0.6) is 0 Å². The molecule has 3 rings (SSSR count). The third kappa shape index (κ3) is 4.08. The number of nitrogens with one attached hydrogen (secondary N) is 1. The average Bonchev–Trinajstić information content (AvgIpc) is 2.91. The second-order valence-electron chi connectivity index (χ2n) is 6.88. The van der Waals surface area contributed by atoms with E-state index >= 15 is 0 Å². The Hall–Kier alpha value is -2.95. The summed E-state index contributed by atoms with van der Waals surface area (Å²) in [5.41, 5.74) is 5.63. The fourth-order valence-electron chi connectivity index (χ4n) is 3.32. The van der Waals surface area contributed by atoms with Gasteiger partial charge in [-0.3, -0.25) is 14.9 Å². The van der Waals surface area contributed by atoms with Crippen molar-refractivity contribution in [1.82, 2.24) is 9.78 Å². The SMILES string of the molecule is CCCc1[nH]n(-c2ccc(F)cc2)c(=O)c1C(C)=Nc1cc(C)cc(C)c1. The van der Waals surface area contributed by atoms with Crippen LogP contribution in [-0.4, -0.2) is 15.5 Å². The molecule has 2 aromatic carbocycles. The van der Waals surface area contributed by atoms with Gasteiger partial charge in [-0.05, 0) is 74.7 Å². The van der Waals surface area contributed by atoms with Crippen LogP contribution in [0.3, 0.4) is 0 Å². The molecule has 1 aromatic heterocycles. The standard InChI is InChI=1S/C22H24FN3O/c1-5-6-20-21(16(4)24-18-12-14(2)11-15(3)13-18)22(27)26(25-20)19-9-7-17(23)8-10-19/h7-13,25H,5-6H2,1-4H3. The Kier molecular flexibility index (Phi) is 5.40. The van der Waals surface area contributed by atoms with Crippen molar-refractivity contribution in [1.29, 1.82) is 0 Å². The van der Waals surface area contributed by atoms with Crippen molar-refractivity contribution in [2.75, 3.05) is 0 Å². The minimum absolute atomic E-state index is 0.171. The number of H-pyrrole nitrogens is 1. The zero-order valence-electron chi connectivity index (χ0n) is 16.1. The van der Waals surface area contributed by atoms with Crippen molar-refractivity contribution in [3.8, 4) is 5.69 Å². The van der Waals surface area contributed by atoms with Gasteiger partial charge in [0.25, 0.3) is 5.56 Å². The quantitative estimate of drug-likeness (QED) is 0.635. The zero-order valence-corrected chi connectivity index (χ0v) is 16.1. The molecule has 0 unspecified atom stereocenters. The van der Waals surface area contributed by atoms with Gasteiger partial charge in [0.15, 0.2) is 0 Å². The van der Waals surface area contributed by atoms with E-state index in [1.165, 1.54) is 16.8 Å². The molecule has 0 spiro atoms. The number of hydrogen-bond acceptors (Lipinski definition) is 2. The molecule has 0 bridgehead atoms. The molecule has 0 radical (unpaired) electrons. The first kappa shape index (κ1) is 18.8. The van der Waals surface area contributed by atoms with Gasteiger partial charge in [0.05, 0.1) is 22.6 Å². The molecule has 1 heterocycles. The molecule has 3 aromatic rings. The summed E-state index contributed by atoms with van der Waals surface area (Å²) in [7, 11) is 0. The number of halogens is 1. The van der Waals surface area contributed by atoms with Gasteiger partial charge in [0.1, 0.15) is 5.82 Å². The number of aryl methyl sites for hydroxylation is 3. The minimum atomic E-state index is -0.333. The van der Waals surface area contributed by atoms with Gasteiger partial charge in [0, 0.05) is 5.69 Å². The van der Waals surface area contributed by atoms with Crippen LogP contribution in [0.25, 0.3) is 5.69 Å². The number of aliphatic imine (C=N–C) groups is 1. The Morgan fingerprint density at radius 2 is 1.74 bits per heavy atom. The molecule has 4 nitrogen and oxygen atoms in total. The van der Waals surface area contributed by atoms with Crippen LogP contribution in [0.15, 0.2) is 52.3 Å². The number of aromatic nitrogens is 2. The maximum absolute atomic E-state index is 13.2. The summed E-state index contributed by atoms with van der Waals surface area (Å²) in [5, 5.41) is 3.18. The molecule has 0 fully saturated rings. The summed E-state index contributed by atoms with van der Waals surface area (Å²) in [6.45, 7) is 7.98. The number of nitrogens with zero attached hydrogens (tertiary/aromatic N) is 2. The second kappa shape index (κ2) is 7.74. The summed E-state index contributed by atoms with van der Waals surface area (Å²) < 4.78 is 14.7. The highest BCUT2D eigenvalue weighted by Gasteiger charge is 2.17. The summed E-state index contributed by atoms with van der Waals surface area (Å²) in [4.78, 5) is 17.8. The van der Waals surface area contributed by atoms with Crippen molar-refractivity contribution >= 4 is 11.4 Å². The van der Waals surface area contributed by atoms with E-state index in [0.29, 0.717) is 17.0 Å². The second-order valence-corrected chi connectivity index (χ2v) is 6.88. The first-order valence-electron chi connectivity index (χ1n) is 9.13. The summed E-state index contributed by atoms with van der Waals surface area (Å²) in [6, 6.07) is 12.0. The molecule has 5 heteroatoms. The third-order valence-corrected chi connectivity index (χ3v) is 4.42. The lowest BCUT2D eigenvalue weighted by Gasteiger charge is -2.03. The largest absolute Gasteiger partial charge is 0.294 e. The van der Waals surface area contributed by atoms with Crippen LogP contribution >= 0.6 is 0 Å². The first-order chi connectivity index (χ1) is 12.9. The topological polar surface area (TPSA) is 50.1 Å². The molecule has 0 aliphatic rings. The van der Waals surface area contributed by atoms with Crippen LogP contribution in [0, 0.1) is 19.7 Å². The molecular weight excluding hydrogens is 341 g/mol. The van der Waals surface area contributed by atoms with Crippen molar-refractivity contribution in [3.05, 3.63) is 81.0 Å². The molecular formula is C22H24FN3O. The van der Waals surface area contributed by atoms with E-state index in [0.717, 1.165) is 35.3 Å². The number of hydrogen-bond donors (Lipinski definition) is 1. The molecule has 0 atom stereocenters. The van der Waals surface area contributed by atoms with E-state index in [9.17, 15) is 9.18 Å². The fourth-order valence-corrected chi connectivity index (χ4v) is 3.32. The molecule has 1 N–H and O–H groups in total. The molecule has 140 valence electrons. The molecule has 0 amide bonds. The van der Waals surface area contributed by atoms with Crippen molar-refractivity contribution in [3.63, 3.8) is 0 Å². The van der Waals surface area contributed by atoms with E-state index in [2.05, 4.69) is 18.1 Å². The highest BCUT2D eigenvalue weighted by atomic mass is 19.1. The van der Waals surface area contributed by atoms with Gasteiger partial charge >= 0.3 is 0 Å². The van der Waals surface area contributed by atoms with Gasteiger partial charge in [-0.15, -0.1) is 0 Å². The van der Waals surface area contributed by atoms with Crippen molar-refractivity contribution in [2.45, 2.75) is 40.5 Å². The van der Waals surface area contributed by atoms with Crippen LogP contribution in [0.2, 0.25) is 0 Å². The van der Waals surface area contributed by atoms with Gasteiger partial charge in [-0.2, -0.15) is 0 Å². The normalized spacial score (nSPS) is 11.8.